The van der Waals surface area contributed by atoms with Gasteiger partial charge in [0.2, 0.25) is 0 Å². The van der Waals surface area contributed by atoms with Gasteiger partial charge in [0.1, 0.15) is 11.5 Å². The first-order valence-electron chi connectivity index (χ1n) is 5.76. The third-order valence-corrected chi connectivity index (χ3v) is 2.55. The largest absolute Gasteiger partial charge is 0.665 e. The van der Waals surface area contributed by atoms with Crippen LogP contribution in [0.2, 0.25) is 0 Å². The van der Waals surface area contributed by atoms with Gasteiger partial charge in [0.05, 0.1) is 0 Å². The Bertz CT molecular complexity index is 453. The van der Waals surface area contributed by atoms with E-state index in [4.69, 9.17) is 4.74 Å². The Morgan fingerprint density at radius 3 is 2.41 bits per heavy atom. The van der Waals surface area contributed by atoms with E-state index in [1.807, 2.05) is 55.6 Å². The predicted molar refractivity (Wildman–Crippen MR) is 70.8 cm³/mol. The van der Waals surface area contributed by atoms with E-state index in [0.717, 1.165) is 24.5 Å². The summed E-state index contributed by atoms with van der Waals surface area (Å²) in [5.74, 6) is 1.79. The summed E-state index contributed by atoms with van der Waals surface area (Å²) >= 11 is 0. The fourth-order valence-electron chi connectivity index (χ4n) is 1.66. The molecule has 0 saturated heterocycles. The zero-order valence-corrected chi connectivity index (χ0v) is 9.97. The number of nitrogens with zero attached hydrogens (tertiary/aromatic N) is 1. The molecule has 0 atom stereocenters. The van der Waals surface area contributed by atoms with Crippen molar-refractivity contribution in [3.05, 3.63) is 65.5 Å². The van der Waals surface area contributed by atoms with E-state index in [1.165, 1.54) is 5.56 Å². The highest BCUT2D eigenvalue weighted by Crippen LogP contribution is 2.25. The van der Waals surface area contributed by atoms with E-state index in [0.29, 0.717) is 0 Å². The summed E-state index contributed by atoms with van der Waals surface area (Å²) < 4.78 is 5.86. The summed E-state index contributed by atoms with van der Waals surface area (Å²) in [5, 5.41) is 4.12. The second kappa shape index (κ2) is 6.06. The van der Waals surface area contributed by atoms with E-state index in [2.05, 4.69) is 11.4 Å². The molecule has 0 fully saturated rings. The Morgan fingerprint density at radius 2 is 1.65 bits per heavy atom. The molecule has 0 amide bonds. The molecule has 2 aromatic rings. The SMILES string of the molecule is C[N-]CCc1ccccc1Oc1ccccc1. The Morgan fingerprint density at radius 1 is 0.941 bits per heavy atom. The molecule has 0 aliphatic carbocycles. The van der Waals surface area contributed by atoms with E-state index in [1.54, 1.807) is 0 Å². The zero-order chi connectivity index (χ0) is 11.9. The van der Waals surface area contributed by atoms with Crippen molar-refractivity contribution in [2.45, 2.75) is 6.42 Å². The fourth-order valence-corrected chi connectivity index (χ4v) is 1.66. The number of rotatable bonds is 5. The van der Waals surface area contributed by atoms with Crippen LogP contribution in [0, 0.1) is 0 Å². The average Bonchev–Trinajstić information content (AvgIpc) is 2.39. The third-order valence-electron chi connectivity index (χ3n) is 2.55. The number of ether oxygens (including phenoxy) is 1. The van der Waals surface area contributed by atoms with E-state index < -0.39 is 0 Å². The molecule has 2 rings (SSSR count). The molecule has 17 heavy (non-hydrogen) atoms. The monoisotopic (exact) mass is 226 g/mol. The van der Waals surface area contributed by atoms with Gasteiger partial charge in [-0.25, -0.2) is 0 Å². The van der Waals surface area contributed by atoms with Gasteiger partial charge in [-0.3, -0.25) is 0 Å². The fraction of sp³-hybridized carbons (Fsp3) is 0.200. The zero-order valence-electron chi connectivity index (χ0n) is 9.97. The molecule has 0 aliphatic heterocycles. The lowest BCUT2D eigenvalue weighted by Crippen LogP contribution is -1.94. The van der Waals surface area contributed by atoms with Crippen molar-refractivity contribution in [1.29, 1.82) is 0 Å². The van der Waals surface area contributed by atoms with Gasteiger partial charge < -0.3 is 10.1 Å². The van der Waals surface area contributed by atoms with Gasteiger partial charge in [0.15, 0.2) is 0 Å². The molecule has 0 N–H and O–H groups in total. The van der Waals surface area contributed by atoms with Crippen molar-refractivity contribution in [3.63, 3.8) is 0 Å². The molecule has 2 aromatic carbocycles. The van der Waals surface area contributed by atoms with E-state index in [9.17, 15) is 0 Å². The summed E-state index contributed by atoms with van der Waals surface area (Å²) in [5.41, 5.74) is 1.20. The highest BCUT2D eigenvalue weighted by atomic mass is 16.5. The normalized spacial score (nSPS) is 10.2. The maximum absolute atomic E-state index is 5.86. The van der Waals surface area contributed by atoms with Crippen molar-refractivity contribution in [1.82, 2.24) is 0 Å². The quantitative estimate of drug-likeness (QED) is 0.755. The molecule has 0 saturated carbocycles. The molecule has 0 radical (unpaired) electrons. The lowest BCUT2D eigenvalue weighted by molar-refractivity contribution is 0.476. The number of hydrogen-bond donors (Lipinski definition) is 0. The van der Waals surface area contributed by atoms with Crippen LogP contribution in [0.25, 0.3) is 5.32 Å². The number of likely N-dealkylation sites (N-methyl/N-ethyl adjacent to an activating group) is 1. The van der Waals surface area contributed by atoms with Gasteiger partial charge in [-0.05, 0) is 30.2 Å². The van der Waals surface area contributed by atoms with Crippen LogP contribution in [-0.2, 0) is 6.42 Å². The minimum atomic E-state index is 0.829. The maximum atomic E-state index is 5.86. The summed E-state index contributed by atoms with van der Waals surface area (Å²) in [6.45, 7) is 0.829. The van der Waals surface area contributed by atoms with E-state index >= 15 is 0 Å². The summed E-state index contributed by atoms with van der Waals surface area (Å²) in [7, 11) is 1.83. The lowest BCUT2D eigenvalue weighted by atomic mass is 10.1. The summed E-state index contributed by atoms with van der Waals surface area (Å²) in [4.78, 5) is 0. The molecular formula is C15H16NO-. The van der Waals surface area contributed by atoms with Crippen LogP contribution in [-0.4, -0.2) is 13.6 Å². The lowest BCUT2D eigenvalue weighted by Gasteiger charge is -2.14. The van der Waals surface area contributed by atoms with Crippen LogP contribution >= 0.6 is 0 Å². The van der Waals surface area contributed by atoms with E-state index in [-0.39, 0.29) is 0 Å². The minimum Gasteiger partial charge on any atom is -0.665 e. The van der Waals surface area contributed by atoms with Crippen LogP contribution < -0.4 is 4.74 Å². The van der Waals surface area contributed by atoms with Crippen LogP contribution in [0.3, 0.4) is 0 Å². The smallest absolute Gasteiger partial charge is 0.130 e. The van der Waals surface area contributed by atoms with Crippen LogP contribution in [0.15, 0.2) is 54.6 Å². The van der Waals surface area contributed by atoms with Crippen molar-refractivity contribution < 1.29 is 4.74 Å². The number of para-hydroxylation sites is 2. The molecule has 2 nitrogen and oxygen atoms in total. The molecule has 0 bridgehead atoms. The average molecular weight is 226 g/mol. The topological polar surface area (TPSA) is 23.3 Å². The Kier molecular flexibility index (Phi) is 4.17. The highest BCUT2D eigenvalue weighted by Gasteiger charge is 2.01. The van der Waals surface area contributed by atoms with Crippen molar-refractivity contribution in [3.8, 4) is 11.5 Å². The van der Waals surface area contributed by atoms with Crippen molar-refractivity contribution in [2.75, 3.05) is 13.6 Å². The van der Waals surface area contributed by atoms with Gasteiger partial charge in [-0.15, -0.1) is 6.54 Å². The molecule has 0 spiro atoms. The highest BCUT2D eigenvalue weighted by molar-refractivity contribution is 5.38. The minimum absolute atomic E-state index is 0.829. The molecule has 0 unspecified atom stereocenters. The van der Waals surface area contributed by atoms with Gasteiger partial charge in [0, 0.05) is 0 Å². The number of hydrogen-bond acceptors (Lipinski definition) is 1. The Hall–Kier alpha value is -1.80. The Labute approximate surface area is 102 Å². The predicted octanol–water partition coefficient (Wildman–Crippen LogP) is 4.02. The first-order valence-corrected chi connectivity index (χ1v) is 5.76. The van der Waals surface area contributed by atoms with Crippen LogP contribution in [0.4, 0.5) is 0 Å². The number of benzene rings is 2. The second-order valence-electron chi connectivity index (χ2n) is 3.81. The molecule has 0 aromatic heterocycles. The van der Waals surface area contributed by atoms with Gasteiger partial charge >= 0.3 is 0 Å². The maximum Gasteiger partial charge on any atom is 0.130 e. The molecule has 2 heteroatoms. The molecule has 88 valence electrons. The molecule has 0 heterocycles. The van der Waals surface area contributed by atoms with Crippen LogP contribution in [0.1, 0.15) is 5.56 Å². The van der Waals surface area contributed by atoms with Crippen LogP contribution in [0.5, 0.6) is 11.5 Å². The Balaban J connectivity index is 2.15. The second-order valence-corrected chi connectivity index (χ2v) is 3.81. The van der Waals surface area contributed by atoms with Crippen molar-refractivity contribution >= 4 is 0 Å². The molecule has 0 aliphatic rings. The van der Waals surface area contributed by atoms with Gasteiger partial charge in [-0.1, -0.05) is 36.4 Å². The third kappa shape index (κ3) is 3.33. The first-order chi connectivity index (χ1) is 8.40. The summed E-state index contributed by atoms with van der Waals surface area (Å²) in [6, 6.07) is 17.9. The first kappa shape index (κ1) is 11.7. The van der Waals surface area contributed by atoms with Gasteiger partial charge in [0.25, 0.3) is 0 Å². The van der Waals surface area contributed by atoms with Crippen molar-refractivity contribution in [2.24, 2.45) is 0 Å². The molecular weight excluding hydrogens is 210 g/mol. The standard InChI is InChI=1S/C15H16NO/c1-16-12-11-13-7-5-6-10-15(13)17-14-8-3-2-4-9-14/h2-10H,11-12H2,1H3/q-1. The summed E-state index contributed by atoms with van der Waals surface area (Å²) in [6.07, 6.45) is 0.916. The van der Waals surface area contributed by atoms with Gasteiger partial charge in [-0.2, -0.15) is 7.05 Å².